The molecule has 2 atom stereocenters. The van der Waals surface area contributed by atoms with Crippen LogP contribution in [-0.4, -0.2) is 28.6 Å². The SMILES string of the molecule is O=C1[C@H]2CS[C@@H](c3ccc(F)cc3)N2C(=O)N1c1ccc(Cl)cc1. The van der Waals surface area contributed by atoms with E-state index < -0.39 is 6.04 Å². The molecule has 7 heteroatoms. The second-order valence-corrected chi connectivity index (χ2v) is 7.14. The van der Waals surface area contributed by atoms with Gasteiger partial charge >= 0.3 is 6.03 Å². The predicted molar refractivity (Wildman–Crippen MR) is 91.6 cm³/mol. The van der Waals surface area contributed by atoms with Crippen LogP contribution in [0.3, 0.4) is 0 Å². The maximum Gasteiger partial charge on any atom is 0.333 e. The standard InChI is InChI=1S/C17H12ClFN2O2S/c18-11-3-7-13(8-4-11)20-15(22)14-9-24-16(21(14)17(20)23)10-1-5-12(19)6-2-10/h1-8,14,16H,9H2/t14-,16+/m1/s1. The van der Waals surface area contributed by atoms with E-state index in [4.69, 9.17) is 11.6 Å². The Bertz CT molecular complexity index is 812. The lowest BCUT2D eigenvalue weighted by molar-refractivity contribution is -0.119. The van der Waals surface area contributed by atoms with Gasteiger partial charge in [-0.2, -0.15) is 0 Å². The van der Waals surface area contributed by atoms with Crippen molar-refractivity contribution in [2.75, 3.05) is 10.7 Å². The number of halogens is 2. The molecule has 0 spiro atoms. The quantitative estimate of drug-likeness (QED) is 0.756. The van der Waals surface area contributed by atoms with Crippen LogP contribution in [0.5, 0.6) is 0 Å². The van der Waals surface area contributed by atoms with E-state index in [9.17, 15) is 14.0 Å². The number of thioether (sulfide) groups is 1. The average Bonchev–Trinajstić information content (AvgIpc) is 3.11. The molecule has 0 aromatic heterocycles. The van der Waals surface area contributed by atoms with E-state index in [0.717, 1.165) is 5.56 Å². The lowest BCUT2D eigenvalue weighted by Gasteiger charge is -2.23. The van der Waals surface area contributed by atoms with Gasteiger partial charge in [-0.15, -0.1) is 11.8 Å². The molecular formula is C17H12ClFN2O2S. The molecule has 122 valence electrons. The minimum atomic E-state index is -0.492. The number of carbonyl (C=O) groups excluding carboxylic acids is 2. The molecule has 2 saturated heterocycles. The molecule has 0 aliphatic carbocycles. The van der Waals surface area contributed by atoms with E-state index >= 15 is 0 Å². The van der Waals surface area contributed by atoms with Gasteiger partial charge in [-0.25, -0.2) is 14.1 Å². The molecule has 0 unspecified atom stereocenters. The molecule has 2 aliphatic heterocycles. The monoisotopic (exact) mass is 362 g/mol. The number of benzene rings is 2. The van der Waals surface area contributed by atoms with E-state index in [1.165, 1.54) is 28.8 Å². The molecule has 3 amide bonds. The van der Waals surface area contributed by atoms with Crippen molar-refractivity contribution in [3.05, 3.63) is 64.9 Å². The summed E-state index contributed by atoms with van der Waals surface area (Å²) >= 11 is 7.38. The summed E-state index contributed by atoms with van der Waals surface area (Å²) in [6.07, 6.45) is 0. The lowest BCUT2D eigenvalue weighted by Crippen LogP contribution is -2.33. The zero-order chi connectivity index (χ0) is 16.8. The molecule has 2 heterocycles. The highest BCUT2D eigenvalue weighted by Gasteiger charge is 2.53. The third-order valence-corrected chi connectivity index (χ3v) is 5.73. The second-order valence-electron chi connectivity index (χ2n) is 5.59. The van der Waals surface area contributed by atoms with Crippen LogP contribution in [0.15, 0.2) is 48.5 Å². The van der Waals surface area contributed by atoms with Crippen molar-refractivity contribution in [1.29, 1.82) is 0 Å². The molecule has 0 bridgehead atoms. The van der Waals surface area contributed by atoms with E-state index in [1.54, 1.807) is 41.3 Å². The minimum absolute atomic E-state index is 0.237. The Balaban J connectivity index is 1.67. The summed E-state index contributed by atoms with van der Waals surface area (Å²) in [5, 5.41) is 0.252. The normalized spacial score (nSPS) is 23.1. The zero-order valence-electron chi connectivity index (χ0n) is 12.4. The lowest BCUT2D eigenvalue weighted by atomic mass is 10.2. The van der Waals surface area contributed by atoms with Crippen LogP contribution < -0.4 is 4.90 Å². The van der Waals surface area contributed by atoms with E-state index in [1.807, 2.05) is 0 Å². The van der Waals surface area contributed by atoms with Crippen molar-refractivity contribution in [3.63, 3.8) is 0 Å². The molecule has 2 aliphatic rings. The Morgan fingerprint density at radius 3 is 2.38 bits per heavy atom. The minimum Gasteiger partial charge on any atom is -0.295 e. The number of imide groups is 1. The highest BCUT2D eigenvalue weighted by Crippen LogP contribution is 2.46. The van der Waals surface area contributed by atoms with Gasteiger partial charge in [-0.05, 0) is 42.0 Å². The molecular weight excluding hydrogens is 351 g/mol. The van der Waals surface area contributed by atoms with E-state index in [2.05, 4.69) is 0 Å². The van der Waals surface area contributed by atoms with Gasteiger partial charge in [-0.3, -0.25) is 9.69 Å². The first-order chi connectivity index (χ1) is 11.6. The molecule has 4 nitrogen and oxygen atoms in total. The van der Waals surface area contributed by atoms with Crippen LogP contribution >= 0.6 is 23.4 Å². The number of anilines is 1. The number of rotatable bonds is 2. The number of amides is 3. The van der Waals surface area contributed by atoms with Crippen molar-refractivity contribution in [1.82, 2.24) is 4.90 Å². The third-order valence-electron chi connectivity index (χ3n) is 4.16. The Hall–Kier alpha value is -2.05. The van der Waals surface area contributed by atoms with Crippen molar-refractivity contribution in [2.24, 2.45) is 0 Å². The Morgan fingerprint density at radius 1 is 1.04 bits per heavy atom. The van der Waals surface area contributed by atoms with Crippen molar-refractivity contribution in [3.8, 4) is 0 Å². The van der Waals surface area contributed by atoms with Crippen LogP contribution in [-0.2, 0) is 4.79 Å². The summed E-state index contributed by atoms with van der Waals surface area (Å²) < 4.78 is 13.1. The van der Waals surface area contributed by atoms with Gasteiger partial charge < -0.3 is 0 Å². The highest BCUT2D eigenvalue weighted by molar-refractivity contribution is 7.99. The first kappa shape index (κ1) is 15.5. The first-order valence-corrected chi connectivity index (χ1v) is 8.78. The van der Waals surface area contributed by atoms with Gasteiger partial charge in [0.15, 0.2) is 0 Å². The smallest absolute Gasteiger partial charge is 0.295 e. The summed E-state index contributed by atoms with van der Waals surface area (Å²) in [4.78, 5) is 28.3. The fraction of sp³-hybridized carbons (Fsp3) is 0.176. The van der Waals surface area contributed by atoms with Crippen LogP contribution in [0.1, 0.15) is 10.9 Å². The van der Waals surface area contributed by atoms with Gasteiger partial charge in [0.2, 0.25) is 0 Å². The molecule has 0 N–H and O–H groups in total. The summed E-state index contributed by atoms with van der Waals surface area (Å²) in [6, 6.07) is 11.8. The van der Waals surface area contributed by atoms with E-state index in [-0.39, 0.29) is 23.1 Å². The molecule has 0 saturated carbocycles. The summed E-state index contributed by atoms with van der Waals surface area (Å²) in [5.41, 5.74) is 1.31. The molecule has 2 aromatic carbocycles. The Morgan fingerprint density at radius 2 is 1.71 bits per heavy atom. The van der Waals surface area contributed by atoms with Crippen molar-refractivity contribution in [2.45, 2.75) is 11.4 Å². The Labute approximate surface area is 147 Å². The van der Waals surface area contributed by atoms with Crippen LogP contribution in [0.25, 0.3) is 0 Å². The molecule has 4 rings (SSSR count). The third kappa shape index (κ3) is 2.37. The zero-order valence-corrected chi connectivity index (χ0v) is 13.9. The number of hydrogen-bond donors (Lipinski definition) is 0. The first-order valence-electron chi connectivity index (χ1n) is 7.35. The average molecular weight is 363 g/mol. The number of carbonyl (C=O) groups is 2. The van der Waals surface area contributed by atoms with Gasteiger partial charge in [-0.1, -0.05) is 23.7 Å². The maximum absolute atomic E-state index is 13.1. The van der Waals surface area contributed by atoms with Gasteiger partial charge in [0, 0.05) is 10.8 Å². The van der Waals surface area contributed by atoms with Crippen LogP contribution in [0, 0.1) is 5.82 Å². The number of hydrogen-bond acceptors (Lipinski definition) is 3. The van der Waals surface area contributed by atoms with Gasteiger partial charge in [0.05, 0.1) is 5.69 Å². The molecule has 2 fully saturated rings. The van der Waals surface area contributed by atoms with Crippen molar-refractivity contribution >= 4 is 41.0 Å². The van der Waals surface area contributed by atoms with E-state index in [0.29, 0.717) is 16.5 Å². The predicted octanol–water partition coefficient (Wildman–Crippen LogP) is 4.06. The highest BCUT2D eigenvalue weighted by atomic mass is 35.5. The largest absolute Gasteiger partial charge is 0.333 e. The number of nitrogens with zero attached hydrogens (tertiary/aromatic N) is 2. The summed E-state index contributed by atoms with van der Waals surface area (Å²) in [5.74, 6) is -0.0409. The van der Waals surface area contributed by atoms with Gasteiger partial charge in [0.25, 0.3) is 5.91 Å². The second kappa shape index (κ2) is 5.79. The Kier molecular flexibility index (Phi) is 3.73. The topological polar surface area (TPSA) is 40.6 Å². The molecule has 24 heavy (non-hydrogen) atoms. The van der Waals surface area contributed by atoms with Crippen LogP contribution in [0.4, 0.5) is 14.9 Å². The van der Waals surface area contributed by atoms with Crippen LogP contribution in [0.2, 0.25) is 5.02 Å². The molecule has 2 aromatic rings. The fourth-order valence-corrected chi connectivity index (χ4v) is 4.54. The van der Waals surface area contributed by atoms with Gasteiger partial charge in [0.1, 0.15) is 17.2 Å². The molecule has 0 radical (unpaired) electrons. The van der Waals surface area contributed by atoms with Crippen molar-refractivity contribution < 1.29 is 14.0 Å². The summed E-state index contributed by atoms with van der Waals surface area (Å²) in [6.45, 7) is 0. The fourth-order valence-electron chi connectivity index (χ4n) is 3.00. The number of urea groups is 1. The maximum atomic E-state index is 13.1. The summed E-state index contributed by atoms with van der Waals surface area (Å²) in [7, 11) is 0. The number of fused-ring (bicyclic) bond motifs is 1.